The lowest BCUT2D eigenvalue weighted by Gasteiger charge is -2.21. The van der Waals surface area contributed by atoms with Gasteiger partial charge in [-0.15, -0.1) is 0 Å². The average Bonchev–Trinajstić information content (AvgIpc) is 0.911. The first-order chi connectivity index (χ1) is 49.1. The highest BCUT2D eigenvalue weighted by molar-refractivity contribution is 7.47. The summed E-state index contributed by atoms with van der Waals surface area (Å²) in [6, 6.07) is 0. The Morgan fingerprint density at radius 2 is 0.412 bits per heavy atom. The fraction of sp³-hybridized carbons (Fsp3) is 0.952. The molecule has 17 nitrogen and oxygen atoms in total. The summed E-state index contributed by atoms with van der Waals surface area (Å²) in [5.74, 6) is 0.950. The molecule has 3 N–H and O–H groups in total. The van der Waals surface area contributed by atoms with Crippen molar-refractivity contribution >= 4 is 39.5 Å². The Balaban J connectivity index is 5.16. The van der Waals surface area contributed by atoms with E-state index >= 15 is 0 Å². The minimum absolute atomic E-state index is 0.106. The molecule has 0 rings (SSSR count). The minimum Gasteiger partial charge on any atom is -0.462 e. The fourth-order valence-corrected chi connectivity index (χ4v) is 14.4. The highest BCUT2D eigenvalue weighted by atomic mass is 31.2. The van der Waals surface area contributed by atoms with Crippen molar-refractivity contribution in [1.82, 2.24) is 0 Å². The molecule has 5 atom stereocenters. The standard InChI is InChI=1S/C83H162O17P2/c1-73(2)59-51-43-35-29-23-19-15-11-9-10-12-18-22-26-33-39-49-57-65-82(87)100-79(70-94-81(86)64-56-48-42-41-46-54-62-76(7)8)72-98-102(91,92)96-68-77(84)67-95-101(89,90)97-71-78(99-83(88)66-58-50-40-34-28-27-31-37-45-53-61-75(5)6)69-93-80(85)63-55-47-38-32-25-21-17-14-13-16-20-24-30-36-44-52-60-74(3)4/h73-79,84H,9-72H2,1-8H3,(H,89,90)(H,91,92)/t77?,78-,79-/m1/s1. The summed E-state index contributed by atoms with van der Waals surface area (Å²) < 4.78 is 68.7. The zero-order valence-corrected chi connectivity index (χ0v) is 69.0. The molecular weight excluding hydrogens is 1330 g/mol. The van der Waals surface area contributed by atoms with Crippen LogP contribution in [0.1, 0.15) is 428 Å². The highest BCUT2D eigenvalue weighted by Crippen LogP contribution is 2.45. The molecule has 0 aliphatic rings. The van der Waals surface area contributed by atoms with Gasteiger partial charge >= 0.3 is 39.5 Å². The molecule has 0 aliphatic heterocycles. The first-order valence-electron chi connectivity index (χ1n) is 42.7. The number of rotatable bonds is 80. The SMILES string of the molecule is CC(C)CCCCCCCCCCCCCCCCCCCCC(=O)O[C@H](COC(=O)CCCCCCCCC(C)C)COP(=O)(O)OCC(O)COP(=O)(O)OC[C@@H](COC(=O)CCCCCCCCCCCCCCCCCCC(C)C)OC(=O)CCCCCCCCCCCCC(C)C. The molecule has 0 aliphatic carbocycles. The van der Waals surface area contributed by atoms with Gasteiger partial charge in [-0.2, -0.15) is 0 Å². The van der Waals surface area contributed by atoms with Crippen molar-refractivity contribution in [3.8, 4) is 0 Å². The van der Waals surface area contributed by atoms with Gasteiger partial charge in [0, 0.05) is 25.7 Å². The van der Waals surface area contributed by atoms with Crippen LogP contribution in [0.4, 0.5) is 0 Å². The number of unbranched alkanes of at least 4 members (excludes halogenated alkanes) is 46. The Morgan fingerprint density at radius 1 is 0.245 bits per heavy atom. The number of carbonyl (C=O) groups excluding carboxylic acids is 4. The molecule has 0 heterocycles. The smallest absolute Gasteiger partial charge is 0.462 e. The third-order valence-corrected chi connectivity index (χ3v) is 21.2. The topological polar surface area (TPSA) is 237 Å². The van der Waals surface area contributed by atoms with Crippen LogP contribution >= 0.6 is 15.6 Å². The van der Waals surface area contributed by atoms with Crippen LogP contribution in [0.2, 0.25) is 0 Å². The number of hydrogen-bond acceptors (Lipinski definition) is 15. The number of esters is 4. The Kier molecular flexibility index (Phi) is 70.6. The normalized spacial score (nSPS) is 14.0. The van der Waals surface area contributed by atoms with Gasteiger partial charge in [-0.25, -0.2) is 9.13 Å². The highest BCUT2D eigenvalue weighted by Gasteiger charge is 2.30. The van der Waals surface area contributed by atoms with Gasteiger partial charge in [0.25, 0.3) is 0 Å². The van der Waals surface area contributed by atoms with Gasteiger partial charge in [0.1, 0.15) is 19.3 Å². The van der Waals surface area contributed by atoms with Crippen molar-refractivity contribution in [1.29, 1.82) is 0 Å². The summed E-state index contributed by atoms with van der Waals surface area (Å²) in [6.07, 6.45) is 60.0. The van der Waals surface area contributed by atoms with Crippen LogP contribution in [0.5, 0.6) is 0 Å². The molecule has 0 saturated carbocycles. The quantitative estimate of drug-likeness (QED) is 0.0222. The Bertz CT molecular complexity index is 1990. The van der Waals surface area contributed by atoms with Gasteiger partial charge in [0.15, 0.2) is 12.2 Å². The van der Waals surface area contributed by atoms with Crippen LogP contribution in [0.3, 0.4) is 0 Å². The van der Waals surface area contributed by atoms with Crippen molar-refractivity contribution in [3.63, 3.8) is 0 Å². The van der Waals surface area contributed by atoms with Crippen LogP contribution in [0.25, 0.3) is 0 Å². The lowest BCUT2D eigenvalue weighted by Crippen LogP contribution is -2.30. The number of aliphatic hydroxyl groups is 1. The summed E-state index contributed by atoms with van der Waals surface area (Å²) in [7, 11) is -9.92. The van der Waals surface area contributed by atoms with E-state index in [4.69, 9.17) is 37.0 Å². The van der Waals surface area contributed by atoms with Crippen molar-refractivity contribution in [2.75, 3.05) is 39.6 Å². The molecule has 606 valence electrons. The number of phosphoric ester groups is 2. The van der Waals surface area contributed by atoms with Gasteiger partial charge in [0.05, 0.1) is 26.4 Å². The van der Waals surface area contributed by atoms with E-state index in [9.17, 15) is 43.2 Å². The summed E-state index contributed by atoms with van der Waals surface area (Å²) in [4.78, 5) is 73.0. The molecule has 102 heavy (non-hydrogen) atoms. The number of carbonyl (C=O) groups is 4. The van der Waals surface area contributed by atoms with Crippen LogP contribution < -0.4 is 0 Å². The molecule has 0 saturated heterocycles. The second-order valence-electron chi connectivity index (χ2n) is 31.8. The monoisotopic (exact) mass is 1490 g/mol. The maximum atomic E-state index is 13.1. The van der Waals surface area contributed by atoms with E-state index in [1.54, 1.807) is 0 Å². The predicted octanol–water partition coefficient (Wildman–Crippen LogP) is 24.8. The van der Waals surface area contributed by atoms with E-state index < -0.39 is 97.5 Å². The molecule has 19 heteroatoms. The molecule has 0 radical (unpaired) electrons. The Hall–Kier alpha value is -1.94. The van der Waals surface area contributed by atoms with E-state index in [0.29, 0.717) is 31.6 Å². The lowest BCUT2D eigenvalue weighted by atomic mass is 10.0. The molecular formula is C83H162O17P2. The predicted molar refractivity (Wildman–Crippen MR) is 418 cm³/mol. The van der Waals surface area contributed by atoms with Crippen molar-refractivity contribution < 1.29 is 80.2 Å². The van der Waals surface area contributed by atoms with E-state index in [0.717, 1.165) is 114 Å². The average molecular weight is 1490 g/mol. The van der Waals surface area contributed by atoms with Gasteiger partial charge in [-0.1, -0.05) is 376 Å². The molecule has 0 aromatic heterocycles. The van der Waals surface area contributed by atoms with E-state index in [1.165, 1.54) is 225 Å². The number of ether oxygens (including phenoxy) is 4. The van der Waals surface area contributed by atoms with E-state index in [-0.39, 0.29) is 25.7 Å². The van der Waals surface area contributed by atoms with Crippen LogP contribution in [0.15, 0.2) is 0 Å². The first kappa shape index (κ1) is 100. The summed E-state index contributed by atoms with van der Waals surface area (Å²) >= 11 is 0. The second kappa shape index (κ2) is 72.0. The molecule has 0 amide bonds. The van der Waals surface area contributed by atoms with Gasteiger partial charge in [-0.3, -0.25) is 37.3 Å². The molecule has 0 aromatic carbocycles. The molecule has 0 fully saturated rings. The van der Waals surface area contributed by atoms with Gasteiger partial charge in [-0.05, 0) is 49.4 Å². The zero-order valence-electron chi connectivity index (χ0n) is 67.2. The van der Waals surface area contributed by atoms with Crippen LogP contribution in [0, 0.1) is 23.7 Å². The minimum atomic E-state index is -4.96. The van der Waals surface area contributed by atoms with Crippen molar-refractivity contribution in [2.24, 2.45) is 23.7 Å². The molecule has 0 spiro atoms. The number of phosphoric acid groups is 2. The third-order valence-electron chi connectivity index (χ3n) is 19.3. The summed E-state index contributed by atoms with van der Waals surface area (Å²) in [5.41, 5.74) is 0. The van der Waals surface area contributed by atoms with E-state index in [1.807, 2.05) is 0 Å². The largest absolute Gasteiger partial charge is 0.472 e. The van der Waals surface area contributed by atoms with E-state index in [2.05, 4.69) is 55.4 Å². The number of hydrogen-bond donors (Lipinski definition) is 3. The van der Waals surface area contributed by atoms with Crippen LogP contribution in [-0.2, 0) is 65.4 Å². The van der Waals surface area contributed by atoms with Gasteiger partial charge in [0.2, 0.25) is 0 Å². The summed E-state index contributed by atoms with van der Waals surface area (Å²) in [5, 5.41) is 10.6. The Labute approximate surface area is 626 Å². The zero-order chi connectivity index (χ0) is 75.3. The maximum absolute atomic E-state index is 13.1. The maximum Gasteiger partial charge on any atom is 0.472 e. The third kappa shape index (κ3) is 76.3. The van der Waals surface area contributed by atoms with Crippen molar-refractivity contribution in [2.45, 2.75) is 446 Å². The molecule has 3 unspecified atom stereocenters. The molecule has 0 bridgehead atoms. The summed E-state index contributed by atoms with van der Waals surface area (Å²) in [6.45, 7) is 14.2. The number of aliphatic hydroxyl groups excluding tert-OH is 1. The first-order valence-corrected chi connectivity index (χ1v) is 45.7. The Morgan fingerprint density at radius 3 is 0.608 bits per heavy atom. The molecule has 0 aromatic rings. The fourth-order valence-electron chi connectivity index (χ4n) is 12.8. The lowest BCUT2D eigenvalue weighted by molar-refractivity contribution is -0.161. The van der Waals surface area contributed by atoms with Crippen molar-refractivity contribution in [3.05, 3.63) is 0 Å². The second-order valence-corrected chi connectivity index (χ2v) is 34.7. The van der Waals surface area contributed by atoms with Crippen LogP contribution in [-0.4, -0.2) is 96.7 Å². The van der Waals surface area contributed by atoms with Gasteiger partial charge < -0.3 is 33.8 Å².